The van der Waals surface area contributed by atoms with Crippen LogP contribution in [0.5, 0.6) is 5.75 Å². The molecule has 3 aromatic rings. The molecule has 0 aliphatic carbocycles. The third kappa shape index (κ3) is 7.11. The van der Waals surface area contributed by atoms with Gasteiger partial charge in [0.05, 0.1) is 5.02 Å². The molecule has 1 aliphatic rings. The second-order valence-corrected chi connectivity index (χ2v) is 12.3. The first-order valence-corrected chi connectivity index (χ1v) is 14.6. The van der Waals surface area contributed by atoms with Crippen molar-refractivity contribution in [3.8, 4) is 5.75 Å². The van der Waals surface area contributed by atoms with Crippen molar-refractivity contribution >= 4 is 56.4 Å². The van der Waals surface area contributed by atoms with Gasteiger partial charge < -0.3 is 14.7 Å². The Kier molecular flexibility index (Phi) is 9.64. The lowest BCUT2D eigenvalue weighted by molar-refractivity contribution is 0.0685. The number of aromatic hydroxyl groups is 1. The lowest BCUT2D eigenvalue weighted by Crippen LogP contribution is -2.48. The van der Waals surface area contributed by atoms with Crippen LogP contribution in [-0.4, -0.2) is 62.1 Å². The molecule has 0 unspecified atom stereocenters. The van der Waals surface area contributed by atoms with Crippen LogP contribution in [0.15, 0.2) is 65.6 Å². The van der Waals surface area contributed by atoms with E-state index in [2.05, 4.69) is 4.90 Å². The number of piperazine rings is 1. The highest BCUT2D eigenvalue weighted by Gasteiger charge is 2.31. The topological polar surface area (TPSA) is 70.1 Å². The van der Waals surface area contributed by atoms with E-state index in [4.69, 9.17) is 51.1 Å². The number of halogens is 4. The van der Waals surface area contributed by atoms with Crippen LogP contribution >= 0.6 is 46.4 Å². The molecule has 0 aromatic heterocycles. The minimum absolute atomic E-state index is 0.0970. The Hall–Kier alpha value is -1.55. The maximum Gasteiger partial charge on any atom is 0.246 e. The van der Waals surface area contributed by atoms with Gasteiger partial charge in [-0.2, -0.15) is 4.31 Å². The van der Waals surface area contributed by atoms with Crippen LogP contribution in [0.2, 0.25) is 20.1 Å². The Balaban J connectivity index is 1.31. The Bertz CT molecular complexity index is 1270. The van der Waals surface area contributed by atoms with E-state index in [1.54, 1.807) is 0 Å². The number of phenols is 1. The molecule has 0 bridgehead atoms. The summed E-state index contributed by atoms with van der Waals surface area (Å²) in [6.07, 6.45) is 0.517. The van der Waals surface area contributed by atoms with Crippen molar-refractivity contribution in [3.05, 3.63) is 91.9 Å². The largest absolute Gasteiger partial charge is 0.505 e. The maximum atomic E-state index is 13.1. The standard InChI is InChI=1S/C26H26Cl4N2O4S/c27-20-6-2-18(3-7-20)26(19-4-8-21(28)9-5-19)36-15-1-10-31-11-13-32(14-12-31)37(34,35)24-17-22(29)16-23(30)25(24)33/h2-9,16-17,26,33H,1,10-15H2. The summed E-state index contributed by atoms with van der Waals surface area (Å²) >= 11 is 24.0. The number of ether oxygens (including phenoxy) is 1. The fourth-order valence-electron chi connectivity index (χ4n) is 4.22. The summed E-state index contributed by atoms with van der Waals surface area (Å²) in [6, 6.07) is 17.7. The minimum Gasteiger partial charge on any atom is -0.505 e. The van der Waals surface area contributed by atoms with Crippen LogP contribution in [0.1, 0.15) is 23.7 Å². The van der Waals surface area contributed by atoms with Crippen molar-refractivity contribution in [2.45, 2.75) is 17.4 Å². The van der Waals surface area contributed by atoms with Crippen molar-refractivity contribution < 1.29 is 18.3 Å². The van der Waals surface area contributed by atoms with Crippen LogP contribution < -0.4 is 0 Å². The molecule has 198 valence electrons. The number of rotatable bonds is 9. The summed E-state index contributed by atoms with van der Waals surface area (Å²) in [6.45, 7) is 2.99. The molecule has 0 radical (unpaired) electrons. The molecule has 11 heteroatoms. The number of benzene rings is 3. The first kappa shape index (κ1) is 28.5. The summed E-state index contributed by atoms with van der Waals surface area (Å²) in [5.41, 5.74) is 1.99. The normalized spacial score (nSPS) is 15.4. The van der Waals surface area contributed by atoms with Crippen LogP contribution in [0.4, 0.5) is 0 Å². The van der Waals surface area contributed by atoms with E-state index in [0.717, 1.165) is 24.1 Å². The molecule has 0 amide bonds. The van der Waals surface area contributed by atoms with Gasteiger partial charge in [-0.3, -0.25) is 0 Å². The van der Waals surface area contributed by atoms with Crippen LogP contribution in [0.3, 0.4) is 0 Å². The van der Waals surface area contributed by atoms with Crippen LogP contribution in [0, 0.1) is 0 Å². The van der Waals surface area contributed by atoms with Gasteiger partial charge in [-0.05, 0) is 53.9 Å². The van der Waals surface area contributed by atoms with Gasteiger partial charge in [0, 0.05) is 54.4 Å². The van der Waals surface area contributed by atoms with Crippen molar-refractivity contribution in [2.24, 2.45) is 0 Å². The van der Waals surface area contributed by atoms with E-state index in [1.165, 1.54) is 16.4 Å². The first-order valence-electron chi connectivity index (χ1n) is 11.7. The summed E-state index contributed by atoms with van der Waals surface area (Å²) in [5.74, 6) is -0.485. The summed E-state index contributed by atoms with van der Waals surface area (Å²) in [5, 5.41) is 11.6. The third-order valence-electron chi connectivity index (χ3n) is 6.19. The zero-order valence-electron chi connectivity index (χ0n) is 19.8. The Morgan fingerprint density at radius 2 is 1.35 bits per heavy atom. The van der Waals surface area contributed by atoms with E-state index < -0.39 is 15.8 Å². The second-order valence-electron chi connectivity index (χ2n) is 8.69. The molecular weight excluding hydrogens is 578 g/mol. The number of hydrogen-bond donors (Lipinski definition) is 1. The SMILES string of the molecule is O=S(=O)(c1cc(Cl)cc(Cl)c1O)N1CCN(CCCOC(c2ccc(Cl)cc2)c2ccc(Cl)cc2)CC1. The van der Waals surface area contributed by atoms with Gasteiger partial charge in [-0.15, -0.1) is 0 Å². The van der Waals surface area contributed by atoms with Crippen molar-refractivity contribution in [1.29, 1.82) is 0 Å². The molecule has 3 aromatic carbocycles. The van der Waals surface area contributed by atoms with Crippen molar-refractivity contribution in [1.82, 2.24) is 9.21 Å². The van der Waals surface area contributed by atoms with Gasteiger partial charge in [0.25, 0.3) is 0 Å². The molecule has 6 nitrogen and oxygen atoms in total. The van der Waals surface area contributed by atoms with E-state index in [-0.39, 0.29) is 21.0 Å². The average molecular weight is 604 g/mol. The molecule has 0 spiro atoms. The molecule has 0 saturated carbocycles. The zero-order valence-corrected chi connectivity index (χ0v) is 23.6. The summed E-state index contributed by atoms with van der Waals surface area (Å²) in [7, 11) is -3.92. The fraction of sp³-hybridized carbons (Fsp3) is 0.308. The van der Waals surface area contributed by atoms with Gasteiger partial charge >= 0.3 is 0 Å². The monoisotopic (exact) mass is 602 g/mol. The van der Waals surface area contributed by atoms with Crippen molar-refractivity contribution in [2.75, 3.05) is 39.3 Å². The van der Waals surface area contributed by atoms with E-state index in [9.17, 15) is 13.5 Å². The summed E-state index contributed by atoms with van der Waals surface area (Å²) in [4.78, 5) is 1.92. The zero-order chi connectivity index (χ0) is 26.6. The number of nitrogens with zero attached hydrogens (tertiary/aromatic N) is 2. The number of sulfonamides is 1. The molecule has 1 heterocycles. The average Bonchev–Trinajstić information content (AvgIpc) is 2.88. The van der Waals surface area contributed by atoms with E-state index >= 15 is 0 Å². The Labute approximate surface area is 237 Å². The smallest absolute Gasteiger partial charge is 0.246 e. The molecule has 1 aliphatic heterocycles. The van der Waals surface area contributed by atoms with Gasteiger partial charge in [0.1, 0.15) is 11.0 Å². The molecule has 1 fully saturated rings. The number of phenolic OH excluding ortho intramolecular Hbond substituents is 1. The predicted molar refractivity (Wildman–Crippen MR) is 149 cm³/mol. The van der Waals surface area contributed by atoms with Crippen LogP contribution in [0.25, 0.3) is 0 Å². The Morgan fingerprint density at radius 1 is 0.811 bits per heavy atom. The Morgan fingerprint density at radius 3 is 1.89 bits per heavy atom. The quantitative estimate of drug-likeness (QED) is 0.282. The molecule has 37 heavy (non-hydrogen) atoms. The lowest BCUT2D eigenvalue weighted by Gasteiger charge is -2.34. The molecular formula is C26H26Cl4N2O4S. The van der Waals surface area contributed by atoms with Gasteiger partial charge in [-0.1, -0.05) is 70.7 Å². The highest BCUT2D eigenvalue weighted by atomic mass is 35.5. The molecule has 1 N–H and O–H groups in total. The van der Waals surface area contributed by atoms with Gasteiger partial charge in [0.2, 0.25) is 10.0 Å². The number of hydrogen-bond acceptors (Lipinski definition) is 5. The molecule has 1 saturated heterocycles. The van der Waals surface area contributed by atoms with Gasteiger partial charge in [-0.25, -0.2) is 8.42 Å². The van der Waals surface area contributed by atoms with Gasteiger partial charge in [0.15, 0.2) is 5.75 Å². The summed E-state index contributed by atoms with van der Waals surface area (Å²) < 4.78 is 33.7. The van der Waals surface area contributed by atoms with Crippen molar-refractivity contribution in [3.63, 3.8) is 0 Å². The fourth-order valence-corrected chi connectivity index (χ4v) is 6.64. The first-order chi connectivity index (χ1) is 17.6. The molecule has 0 atom stereocenters. The van der Waals surface area contributed by atoms with E-state index in [1.807, 2.05) is 48.5 Å². The van der Waals surface area contributed by atoms with E-state index in [0.29, 0.717) is 42.8 Å². The minimum atomic E-state index is -3.92. The highest BCUT2D eigenvalue weighted by Crippen LogP contribution is 2.36. The lowest BCUT2D eigenvalue weighted by atomic mass is 10.0. The van der Waals surface area contributed by atoms with Crippen LogP contribution in [-0.2, 0) is 14.8 Å². The molecule has 4 rings (SSSR count). The maximum absolute atomic E-state index is 13.1. The third-order valence-corrected chi connectivity index (χ3v) is 9.11. The second kappa shape index (κ2) is 12.5. The predicted octanol–water partition coefficient (Wildman–Crippen LogP) is 6.51. The highest BCUT2D eigenvalue weighted by molar-refractivity contribution is 7.89.